The molecule has 1 aromatic carbocycles. The molecule has 8 heteroatoms. The zero-order valence-corrected chi connectivity index (χ0v) is 16.2. The van der Waals surface area contributed by atoms with Gasteiger partial charge < -0.3 is 9.42 Å². The summed E-state index contributed by atoms with van der Waals surface area (Å²) in [6.07, 6.45) is 1.16. The van der Waals surface area contributed by atoms with E-state index in [4.69, 9.17) is 4.52 Å². The lowest BCUT2D eigenvalue weighted by molar-refractivity contribution is 0.0732. The fourth-order valence-electron chi connectivity index (χ4n) is 2.48. The summed E-state index contributed by atoms with van der Waals surface area (Å²) < 4.78 is 28.4. The van der Waals surface area contributed by atoms with Crippen LogP contribution in [0.5, 0.6) is 0 Å². The highest BCUT2D eigenvalue weighted by molar-refractivity contribution is 7.90. The van der Waals surface area contributed by atoms with Crippen LogP contribution in [0.3, 0.4) is 0 Å². The number of benzene rings is 1. The van der Waals surface area contributed by atoms with Gasteiger partial charge in [0.15, 0.2) is 21.3 Å². The molecule has 0 spiro atoms. The lowest BCUT2D eigenvalue weighted by Crippen LogP contribution is -2.29. The zero-order chi connectivity index (χ0) is 18.9. The van der Waals surface area contributed by atoms with Gasteiger partial charge in [-0.2, -0.15) is 0 Å². The van der Waals surface area contributed by atoms with E-state index >= 15 is 0 Å². The monoisotopic (exact) mass is 390 g/mol. The van der Waals surface area contributed by atoms with Gasteiger partial charge in [0.05, 0.1) is 15.8 Å². The second-order valence-electron chi connectivity index (χ2n) is 5.99. The van der Waals surface area contributed by atoms with Crippen molar-refractivity contribution in [3.8, 4) is 10.6 Å². The highest BCUT2D eigenvalue weighted by Gasteiger charge is 2.23. The normalized spacial score (nSPS) is 12.7. The molecule has 6 nitrogen and oxygen atoms in total. The summed E-state index contributed by atoms with van der Waals surface area (Å²) in [4.78, 5) is 15.4. The fourth-order valence-corrected chi connectivity index (χ4v) is 3.79. The number of carbonyl (C=O) groups is 1. The van der Waals surface area contributed by atoms with E-state index in [1.807, 2.05) is 24.4 Å². The Bertz CT molecular complexity index is 1010. The molecule has 1 unspecified atom stereocenters. The number of carbonyl (C=O) groups excluding carboxylic acids is 1. The van der Waals surface area contributed by atoms with Crippen molar-refractivity contribution in [3.05, 3.63) is 59.1 Å². The molecule has 1 atom stereocenters. The van der Waals surface area contributed by atoms with Crippen molar-refractivity contribution >= 4 is 27.1 Å². The van der Waals surface area contributed by atoms with Gasteiger partial charge in [0.2, 0.25) is 0 Å². The quantitative estimate of drug-likeness (QED) is 0.664. The predicted octanol–water partition coefficient (Wildman–Crippen LogP) is 3.64. The molecule has 0 N–H and O–H groups in total. The van der Waals surface area contributed by atoms with E-state index in [9.17, 15) is 13.2 Å². The molecule has 2 heterocycles. The van der Waals surface area contributed by atoms with Crippen molar-refractivity contribution in [1.29, 1.82) is 0 Å². The van der Waals surface area contributed by atoms with Crippen LogP contribution in [0.15, 0.2) is 57.3 Å². The summed E-state index contributed by atoms with van der Waals surface area (Å²) in [5, 5.41) is 5.80. The van der Waals surface area contributed by atoms with Gasteiger partial charge >= 0.3 is 0 Å². The first kappa shape index (κ1) is 18.3. The molecule has 0 bridgehead atoms. The Kier molecular flexibility index (Phi) is 4.97. The summed E-state index contributed by atoms with van der Waals surface area (Å²) >= 11 is 1.51. The Balaban J connectivity index is 1.77. The number of thiophene rings is 1. The minimum Gasteiger partial charge on any atom is -0.355 e. The second kappa shape index (κ2) is 7.05. The summed E-state index contributed by atoms with van der Waals surface area (Å²) in [5.74, 6) is 0.290. The van der Waals surface area contributed by atoms with Crippen molar-refractivity contribution in [2.24, 2.45) is 0 Å². The molecule has 2 aromatic heterocycles. The molecule has 0 radical (unpaired) electrons. The van der Waals surface area contributed by atoms with Gasteiger partial charge in [-0.25, -0.2) is 8.42 Å². The van der Waals surface area contributed by atoms with Crippen molar-refractivity contribution in [2.45, 2.75) is 17.9 Å². The molecule has 0 saturated heterocycles. The van der Waals surface area contributed by atoms with Gasteiger partial charge in [-0.3, -0.25) is 4.79 Å². The number of aromatic nitrogens is 1. The van der Waals surface area contributed by atoms with E-state index in [2.05, 4.69) is 5.16 Å². The van der Waals surface area contributed by atoms with Crippen LogP contribution in [0.2, 0.25) is 0 Å². The van der Waals surface area contributed by atoms with Gasteiger partial charge in [-0.15, -0.1) is 11.3 Å². The maximum Gasteiger partial charge on any atom is 0.276 e. The van der Waals surface area contributed by atoms with Crippen molar-refractivity contribution in [2.75, 3.05) is 13.3 Å². The number of rotatable bonds is 5. The topological polar surface area (TPSA) is 80.5 Å². The molecule has 0 aliphatic heterocycles. The third-order valence-corrected chi connectivity index (χ3v) is 6.20. The molecule has 3 rings (SSSR count). The average Bonchev–Trinajstić information content (AvgIpc) is 3.30. The molecule has 0 aliphatic rings. The van der Waals surface area contributed by atoms with Crippen LogP contribution in [0.4, 0.5) is 0 Å². The number of sulfone groups is 1. The average molecular weight is 390 g/mol. The number of hydrogen-bond acceptors (Lipinski definition) is 6. The standard InChI is InChI=1S/C18H18N2O4S2/c1-12(13-6-8-14(9-7-13)26(3,22)23)20(2)18(21)15-11-16(24-19-15)17-5-4-10-25-17/h4-12H,1-3H3. The lowest BCUT2D eigenvalue weighted by Gasteiger charge is -2.24. The van der Waals surface area contributed by atoms with E-state index in [1.165, 1.54) is 11.3 Å². The molecular formula is C18H18N2O4S2. The van der Waals surface area contributed by atoms with E-state index in [0.29, 0.717) is 5.76 Å². The van der Waals surface area contributed by atoms with E-state index < -0.39 is 9.84 Å². The van der Waals surface area contributed by atoms with Crippen molar-refractivity contribution < 1.29 is 17.7 Å². The van der Waals surface area contributed by atoms with Crippen LogP contribution < -0.4 is 0 Å². The minimum absolute atomic E-state index is 0.232. The Morgan fingerprint density at radius 3 is 2.50 bits per heavy atom. The first-order valence-corrected chi connectivity index (χ1v) is 10.6. The Hall–Kier alpha value is -2.45. The first-order valence-electron chi connectivity index (χ1n) is 7.85. The van der Waals surface area contributed by atoms with Crippen molar-refractivity contribution in [3.63, 3.8) is 0 Å². The third-order valence-electron chi connectivity index (χ3n) is 4.19. The van der Waals surface area contributed by atoms with Crippen LogP contribution in [-0.4, -0.2) is 37.7 Å². The van der Waals surface area contributed by atoms with Crippen LogP contribution >= 0.6 is 11.3 Å². The SMILES string of the molecule is CC(c1ccc(S(C)(=O)=O)cc1)N(C)C(=O)c1cc(-c2cccs2)on1. The Labute approximate surface area is 156 Å². The summed E-state index contributed by atoms with van der Waals surface area (Å²) in [6, 6.07) is 11.7. The predicted molar refractivity (Wildman–Crippen MR) is 99.9 cm³/mol. The molecule has 0 aliphatic carbocycles. The first-order chi connectivity index (χ1) is 12.3. The van der Waals surface area contributed by atoms with Gasteiger partial charge in [-0.05, 0) is 36.1 Å². The van der Waals surface area contributed by atoms with Gasteiger partial charge in [0.25, 0.3) is 5.91 Å². The molecular weight excluding hydrogens is 372 g/mol. The van der Waals surface area contributed by atoms with Gasteiger partial charge in [0.1, 0.15) is 0 Å². The highest BCUT2D eigenvalue weighted by atomic mass is 32.2. The van der Waals surface area contributed by atoms with Crippen molar-refractivity contribution in [1.82, 2.24) is 10.1 Å². The fraction of sp³-hybridized carbons (Fsp3) is 0.222. The zero-order valence-electron chi connectivity index (χ0n) is 14.5. The Morgan fingerprint density at radius 2 is 1.92 bits per heavy atom. The summed E-state index contributed by atoms with van der Waals surface area (Å²) in [6.45, 7) is 1.87. The van der Waals surface area contributed by atoms with E-state index in [1.54, 1.807) is 42.3 Å². The largest absolute Gasteiger partial charge is 0.355 e. The third kappa shape index (κ3) is 3.71. The molecule has 26 heavy (non-hydrogen) atoms. The number of nitrogens with zero attached hydrogens (tertiary/aromatic N) is 2. The highest BCUT2D eigenvalue weighted by Crippen LogP contribution is 2.27. The van der Waals surface area contributed by atoms with Gasteiger partial charge in [0, 0.05) is 19.4 Å². The summed E-state index contributed by atoms with van der Waals surface area (Å²) in [7, 11) is -1.57. The summed E-state index contributed by atoms with van der Waals surface area (Å²) in [5.41, 5.74) is 1.06. The minimum atomic E-state index is -3.25. The molecule has 0 saturated carbocycles. The van der Waals surface area contributed by atoms with Crippen LogP contribution in [0.25, 0.3) is 10.6 Å². The van der Waals surface area contributed by atoms with E-state index in [-0.39, 0.29) is 22.5 Å². The molecule has 1 amide bonds. The second-order valence-corrected chi connectivity index (χ2v) is 8.95. The van der Waals surface area contributed by atoms with Crippen LogP contribution in [0.1, 0.15) is 29.0 Å². The molecule has 136 valence electrons. The van der Waals surface area contributed by atoms with Crippen LogP contribution in [-0.2, 0) is 9.84 Å². The smallest absolute Gasteiger partial charge is 0.276 e. The number of amides is 1. The molecule has 0 fully saturated rings. The maximum atomic E-state index is 12.7. The lowest BCUT2D eigenvalue weighted by atomic mass is 10.1. The van der Waals surface area contributed by atoms with E-state index in [0.717, 1.165) is 16.7 Å². The molecule has 3 aromatic rings. The maximum absolute atomic E-state index is 12.7. The number of hydrogen-bond donors (Lipinski definition) is 0. The van der Waals surface area contributed by atoms with Gasteiger partial charge in [-0.1, -0.05) is 23.4 Å². The Morgan fingerprint density at radius 1 is 1.23 bits per heavy atom. The van der Waals surface area contributed by atoms with Crippen LogP contribution in [0, 0.1) is 0 Å².